The first-order chi connectivity index (χ1) is 10.1. The van der Waals surface area contributed by atoms with Gasteiger partial charge >= 0.3 is 0 Å². The quantitative estimate of drug-likeness (QED) is 0.775. The van der Waals surface area contributed by atoms with Crippen LogP contribution in [0.4, 0.5) is 11.9 Å². The summed E-state index contributed by atoms with van der Waals surface area (Å²) in [5.41, 5.74) is 12.0. The van der Waals surface area contributed by atoms with Crippen LogP contribution < -0.4 is 11.5 Å². The summed E-state index contributed by atoms with van der Waals surface area (Å²) in [6.07, 6.45) is 0. The molecule has 0 amide bonds. The van der Waals surface area contributed by atoms with E-state index in [-0.39, 0.29) is 11.9 Å². The van der Waals surface area contributed by atoms with Crippen molar-refractivity contribution in [3.63, 3.8) is 0 Å². The van der Waals surface area contributed by atoms with Crippen molar-refractivity contribution in [2.75, 3.05) is 11.5 Å². The maximum absolute atomic E-state index is 6.33. The van der Waals surface area contributed by atoms with Crippen molar-refractivity contribution in [3.8, 4) is 5.69 Å². The molecule has 4 N–H and O–H groups in total. The molecule has 3 rings (SSSR count). The Hall–Kier alpha value is -2.18. The number of hydrogen-bond donors (Lipinski definition) is 2. The van der Waals surface area contributed by atoms with Crippen LogP contribution in [0.3, 0.4) is 0 Å². The van der Waals surface area contributed by atoms with Crippen LogP contribution in [0.5, 0.6) is 0 Å². The molecule has 0 bridgehead atoms. The molecule has 0 unspecified atom stereocenters. The molecular formula is C14H12ClN5S. The first-order valence-corrected chi connectivity index (χ1v) is 7.34. The van der Waals surface area contributed by atoms with Gasteiger partial charge in [0.1, 0.15) is 0 Å². The highest BCUT2D eigenvalue weighted by Crippen LogP contribution is 2.34. The molecule has 2 aromatic carbocycles. The standard InChI is InChI=1S/C14H12ClN5S/c15-11-8-9(20-14(17)18-13(16)19-20)6-7-12(11)21-10-4-2-1-3-5-10/h1-8H,(H4,16,17,18,19). The molecule has 5 nitrogen and oxygen atoms in total. The van der Waals surface area contributed by atoms with E-state index in [1.807, 2.05) is 42.5 Å². The summed E-state index contributed by atoms with van der Waals surface area (Å²) in [7, 11) is 0. The molecule has 0 fully saturated rings. The van der Waals surface area contributed by atoms with Crippen molar-refractivity contribution >= 4 is 35.3 Å². The number of aromatic nitrogens is 3. The molecule has 0 spiro atoms. The highest BCUT2D eigenvalue weighted by Gasteiger charge is 2.09. The van der Waals surface area contributed by atoms with E-state index in [9.17, 15) is 0 Å². The Kier molecular flexibility index (Phi) is 3.72. The summed E-state index contributed by atoms with van der Waals surface area (Å²) in [5, 5.41) is 4.65. The molecule has 0 aliphatic rings. The van der Waals surface area contributed by atoms with Crippen molar-refractivity contribution in [2.45, 2.75) is 9.79 Å². The van der Waals surface area contributed by atoms with Crippen LogP contribution in [0.15, 0.2) is 58.3 Å². The molecule has 0 atom stereocenters. The Morgan fingerprint density at radius 2 is 1.81 bits per heavy atom. The summed E-state index contributed by atoms with van der Waals surface area (Å²) in [6, 6.07) is 15.6. The minimum atomic E-state index is 0.131. The summed E-state index contributed by atoms with van der Waals surface area (Å²) >= 11 is 7.93. The second-order valence-electron chi connectivity index (χ2n) is 4.27. The molecular weight excluding hydrogens is 306 g/mol. The average Bonchev–Trinajstić information content (AvgIpc) is 2.81. The largest absolute Gasteiger partial charge is 0.368 e. The molecule has 1 heterocycles. The lowest BCUT2D eigenvalue weighted by molar-refractivity contribution is 0.894. The number of benzene rings is 2. The van der Waals surface area contributed by atoms with Crippen LogP contribution in [0.1, 0.15) is 0 Å². The molecule has 106 valence electrons. The Morgan fingerprint density at radius 3 is 2.43 bits per heavy atom. The van der Waals surface area contributed by atoms with Gasteiger partial charge in [0.15, 0.2) is 0 Å². The average molecular weight is 318 g/mol. The van der Waals surface area contributed by atoms with Gasteiger partial charge in [0.2, 0.25) is 11.9 Å². The third kappa shape index (κ3) is 2.96. The van der Waals surface area contributed by atoms with E-state index in [2.05, 4.69) is 10.1 Å². The van der Waals surface area contributed by atoms with Crippen molar-refractivity contribution in [3.05, 3.63) is 53.6 Å². The van der Waals surface area contributed by atoms with Gasteiger partial charge in [0.05, 0.1) is 10.7 Å². The van der Waals surface area contributed by atoms with Gasteiger partial charge in [0, 0.05) is 9.79 Å². The first-order valence-electron chi connectivity index (χ1n) is 6.14. The van der Waals surface area contributed by atoms with Crippen molar-refractivity contribution in [1.29, 1.82) is 0 Å². The maximum Gasteiger partial charge on any atom is 0.241 e. The van der Waals surface area contributed by atoms with E-state index < -0.39 is 0 Å². The Labute approximate surface area is 130 Å². The molecule has 21 heavy (non-hydrogen) atoms. The van der Waals surface area contributed by atoms with Crippen LogP contribution in [0, 0.1) is 0 Å². The van der Waals surface area contributed by atoms with E-state index in [4.69, 9.17) is 23.1 Å². The van der Waals surface area contributed by atoms with Crippen LogP contribution in [0.25, 0.3) is 5.69 Å². The first kappa shape index (κ1) is 13.8. The van der Waals surface area contributed by atoms with Gasteiger partial charge in [0.25, 0.3) is 0 Å². The van der Waals surface area contributed by atoms with E-state index in [1.54, 1.807) is 17.8 Å². The smallest absolute Gasteiger partial charge is 0.241 e. The fourth-order valence-electron chi connectivity index (χ4n) is 1.85. The highest BCUT2D eigenvalue weighted by molar-refractivity contribution is 7.99. The van der Waals surface area contributed by atoms with Gasteiger partial charge in [-0.25, -0.2) is 0 Å². The van der Waals surface area contributed by atoms with E-state index >= 15 is 0 Å². The molecule has 0 saturated carbocycles. The van der Waals surface area contributed by atoms with Gasteiger partial charge in [-0.05, 0) is 30.3 Å². The summed E-state index contributed by atoms with van der Waals surface area (Å²) in [6.45, 7) is 0. The maximum atomic E-state index is 6.33. The van der Waals surface area contributed by atoms with E-state index in [1.165, 1.54) is 4.68 Å². The SMILES string of the molecule is Nc1nc(N)n(-c2ccc(Sc3ccccc3)c(Cl)c2)n1. The molecule has 1 aromatic heterocycles. The normalized spacial score (nSPS) is 10.7. The second kappa shape index (κ2) is 5.67. The van der Waals surface area contributed by atoms with Gasteiger partial charge in [-0.2, -0.15) is 9.67 Å². The highest BCUT2D eigenvalue weighted by atomic mass is 35.5. The van der Waals surface area contributed by atoms with Crippen LogP contribution in [0.2, 0.25) is 5.02 Å². The van der Waals surface area contributed by atoms with Crippen molar-refractivity contribution in [2.24, 2.45) is 0 Å². The summed E-state index contributed by atoms with van der Waals surface area (Å²) < 4.78 is 1.46. The second-order valence-corrected chi connectivity index (χ2v) is 5.79. The topological polar surface area (TPSA) is 82.7 Å². The number of hydrogen-bond acceptors (Lipinski definition) is 5. The Morgan fingerprint density at radius 1 is 1.05 bits per heavy atom. The van der Waals surface area contributed by atoms with Gasteiger partial charge in [-0.1, -0.05) is 41.6 Å². The predicted molar refractivity (Wildman–Crippen MR) is 85.8 cm³/mol. The van der Waals surface area contributed by atoms with Crippen molar-refractivity contribution in [1.82, 2.24) is 14.8 Å². The van der Waals surface area contributed by atoms with Crippen LogP contribution >= 0.6 is 23.4 Å². The third-order valence-corrected chi connectivity index (χ3v) is 4.29. The number of anilines is 2. The lowest BCUT2D eigenvalue weighted by Crippen LogP contribution is -2.02. The molecule has 0 saturated heterocycles. The predicted octanol–water partition coefficient (Wildman–Crippen LogP) is 3.24. The zero-order valence-electron chi connectivity index (χ0n) is 10.9. The van der Waals surface area contributed by atoms with Gasteiger partial charge in [-0.15, -0.1) is 5.10 Å². The molecule has 3 aromatic rings. The molecule has 0 radical (unpaired) electrons. The summed E-state index contributed by atoms with van der Waals surface area (Å²) in [5.74, 6) is 0.360. The van der Waals surface area contributed by atoms with Gasteiger partial charge in [-0.3, -0.25) is 0 Å². The summed E-state index contributed by atoms with van der Waals surface area (Å²) in [4.78, 5) is 5.95. The van der Waals surface area contributed by atoms with Crippen molar-refractivity contribution < 1.29 is 0 Å². The fraction of sp³-hybridized carbons (Fsp3) is 0. The minimum absolute atomic E-state index is 0.131. The Balaban J connectivity index is 1.91. The lowest BCUT2D eigenvalue weighted by atomic mass is 10.3. The molecule has 7 heteroatoms. The number of nitrogen functional groups attached to an aromatic ring is 2. The number of nitrogens with two attached hydrogens (primary N) is 2. The number of nitrogens with zero attached hydrogens (tertiary/aromatic N) is 3. The fourth-order valence-corrected chi connectivity index (χ4v) is 2.98. The van der Waals surface area contributed by atoms with E-state index in [0.717, 1.165) is 15.5 Å². The third-order valence-electron chi connectivity index (χ3n) is 2.78. The number of rotatable bonds is 3. The Bertz CT molecular complexity index is 772. The van der Waals surface area contributed by atoms with E-state index in [0.29, 0.717) is 5.02 Å². The van der Waals surface area contributed by atoms with Gasteiger partial charge < -0.3 is 11.5 Å². The zero-order valence-corrected chi connectivity index (χ0v) is 12.5. The lowest BCUT2D eigenvalue weighted by Gasteiger charge is -2.07. The van der Waals surface area contributed by atoms with Crippen LogP contribution in [-0.2, 0) is 0 Å². The monoisotopic (exact) mass is 317 g/mol. The molecule has 0 aliphatic heterocycles. The minimum Gasteiger partial charge on any atom is -0.368 e. The van der Waals surface area contributed by atoms with Crippen LogP contribution in [-0.4, -0.2) is 14.8 Å². The number of halogens is 1. The molecule has 0 aliphatic carbocycles. The zero-order chi connectivity index (χ0) is 14.8.